The van der Waals surface area contributed by atoms with Gasteiger partial charge >= 0.3 is 5.97 Å². The van der Waals surface area contributed by atoms with Crippen molar-refractivity contribution in [3.63, 3.8) is 0 Å². The van der Waals surface area contributed by atoms with Gasteiger partial charge in [0, 0.05) is 18.1 Å². The number of fused-ring (bicyclic) bond motifs is 1. The monoisotopic (exact) mass is 275 g/mol. The summed E-state index contributed by atoms with van der Waals surface area (Å²) in [6.07, 6.45) is 1.87. The van der Waals surface area contributed by atoms with E-state index in [1.165, 1.54) is 4.57 Å². The Morgan fingerprint density at radius 3 is 2.80 bits per heavy atom. The Balaban J connectivity index is 2.26. The number of esters is 1. The summed E-state index contributed by atoms with van der Waals surface area (Å²) >= 11 is 0. The zero-order chi connectivity index (χ0) is 14.5. The van der Waals surface area contributed by atoms with Crippen LogP contribution in [0.5, 0.6) is 5.75 Å². The first kappa shape index (κ1) is 14.1. The van der Waals surface area contributed by atoms with Gasteiger partial charge in [0.1, 0.15) is 5.75 Å². The molecule has 0 saturated heterocycles. The molecule has 0 amide bonds. The number of methoxy groups -OCH3 is 1. The van der Waals surface area contributed by atoms with Gasteiger partial charge < -0.3 is 14.0 Å². The molecule has 0 atom stereocenters. The Morgan fingerprint density at radius 1 is 1.30 bits per heavy atom. The fourth-order valence-corrected chi connectivity index (χ4v) is 2.01. The minimum Gasteiger partial charge on any atom is -0.497 e. The van der Waals surface area contributed by atoms with Crippen molar-refractivity contribution < 1.29 is 14.3 Å². The van der Waals surface area contributed by atoms with Gasteiger partial charge in [0.25, 0.3) is 5.56 Å². The van der Waals surface area contributed by atoms with Gasteiger partial charge in [-0.05, 0) is 36.6 Å². The second kappa shape index (κ2) is 6.23. The summed E-state index contributed by atoms with van der Waals surface area (Å²) in [7, 11) is 1.59. The molecule has 0 aliphatic carbocycles. The predicted molar refractivity (Wildman–Crippen MR) is 76.0 cm³/mol. The molecule has 5 nitrogen and oxygen atoms in total. The third kappa shape index (κ3) is 2.99. The van der Waals surface area contributed by atoms with Crippen molar-refractivity contribution in [3.8, 4) is 5.75 Å². The van der Waals surface area contributed by atoms with Gasteiger partial charge in [-0.25, -0.2) is 0 Å². The van der Waals surface area contributed by atoms with Crippen LogP contribution in [0.4, 0.5) is 0 Å². The van der Waals surface area contributed by atoms with E-state index < -0.39 is 0 Å². The number of benzene rings is 1. The molecular weight excluding hydrogens is 258 g/mol. The summed E-state index contributed by atoms with van der Waals surface area (Å²) in [4.78, 5) is 23.6. The van der Waals surface area contributed by atoms with Crippen molar-refractivity contribution in [2.75, 3.05) is 13.7 Å². The van der Waals surface area contributed by atoms with Gasteiger partial charge in [0.15, 0.2) is 0 Å². The van der Waals surface area contributed by atoms with E-state index in [0.717, 1.165) is 5.39 Å². The lowest BCUT2D eigenvalue weighted by molar-refractivity contribution is -0.143. The maximum absolute atomic E-state index is 12.3. The van der Waals surface area contributed by atoms with Crippen LogP contribution in [0.15, 0.2) is 35.3 Å². The molecule has 5 heteroatoms. The van der Waals surface area contributed by atoms with Crippen LogP contribution in [-0.2, 0) is 16.1 Å². The van der Waals surface area contributed by atoms with Crippen LogP contribution in [0.25, 0.3) is 10.8 Å². The van der Waals surface area contributed by atoms with Crippen LogP contribution in [0, 0.1) is 0 Å². The number of hydrogen-bond donors (Lipinski definition) is 0. The molecule has 0 aliphatic heterocycles. The minimum absolute atomic E-state index is 0.116. The molecule has 0 aliphatic rings. The molecule has 20 heavy (non-hydrogen) atoms. The number of carbonyl (C=O) groups excluding carboxylic acids is 1. The number of aromatic nitrogens is 1. The summed E-state index contributed by atoms with van der Waals surface area (Å²) in [6.45, 7) is 2.43. The number of aryl methyl sites for hydroxylation is 1. The highest BCUT2D eigenvalue weighted by molar-refractivity contribution is 5.82. The molecule has 0 N–H and O–H groups in total. The fraction of sp³-hybridized carbons (Fsp3) is 0.333. The van der Waals surface area contributed by atoms with Crippen molar-refractivity contribution in [1.82, 2.24) is 4.57 Å². The molecule has 0 unspecified atom stereocenters. The largest absolute Gasteiger partial charge is 0.497 e. The van der Waals surface area contributed by atoms with Crippen LogP contribution in [-0.4, -0.2) is 24.3 Å². The second-order valence-electron chi connectivity index (χ2n) is 4.32. The highest BCUT2D eigenvalue weighted by atomic mass is 16.5. The molecule has 1 aromatic heterocycles. The fourth-order valence-electron chi connectivity index (χ4n) is 2.01. The van der Waals surface area contributed by atoms with E-state index in [-0.39, 0.29) is 17.9 Å². The zero-order valence-corrected chi connectivity index (χ0v) is 11.6. The Labute approximate surface area is 116 Å². The summed E-state index contributed by atoms with van der Waals surface area (Å²) in [5, 5.41) is 1.43. The van der Waals surface area contributed by atoms with Crippen molar-refractivity contribution in [3.05, 3.63) is 40.8 Å². The first-order valence-electron chi connectivity index (χ1n) is 6.48. The van der Waals surface area contributed by atoms with Crippen molar-refractivity contribution in [2.45, 2.75) is 19.9 Å². The van der Waals surface area contributed by atoms with Gasteiger partial charge in [0.05, 0.1) is 20.1 Å². The highest BCUT2D eigenvalue weighted by Crippen LogP contribution is 2.17. The number of hydrogen-bond acceptors (Lipinski definition) is 4. The Morgan fingerprint density at radius 2 is 2.10 bits per heavy atom. The molecule has 0 spiro atoms. The molecule has 2 aromatic rings. The summed E-state index contributed by atoms with van der Waals surface area (Å²) < 4.78 is 11.5. The third-order valence-corrected chi connectivity index (χ3v) is 3.05. The molecule has 106 valence electrons. The number of pyridine rings is 1. The van der Waals surface area contributed by atoms with Crippen molar-refractivity contribution >= 4 is 16.7 Å². The van der Waals surface area contributed by atoms with E-state index in [9.17, 15) is 9.59 Å². The van der Waals surface area contributed by atoms with E-state index >= 15 is 0 Å². The van der Waals surface area contributed by atoms with E-state index in [1.54, 1.807) is 32.4 Å². The normalized spacial score (nSPS) is 10.5. The lowest BCUT2D eigenvalue weighted by Gasteiger charge is -2.08. The maximum atomic E-state index is 12.3. The Kier molecular flexibility index (Phi) is 4.40. The maximum Gasteiger partial charge on any atom is 0.307 e. The van der Waals surface area contributed by atoms with E-state index in [4.69, 9.17) is 9.47 Å². The van der Waals surface area contributed by atoms with E-state index in [0.29, 0.717) is 24.3 Å². The van der Waals surface area contributed by atoms with Gasteiger partial charge in [-0.3, -0.25) is 9.59 Å². The van der Waals surface area contributed by atoms with Crippen LogP contribution in [0.3, 0.4) is 0 Å². The van der Waals surface area contributed by atoms with E-state index in [2.05, 4.69) is 0 Å². The van der Waals surface area contributed by atoms with Crippen LogP contribution in [0.2, 0.25) is 0 Å². The average molecular weight is 275 g/mol. The lowest BCUT2D eigenvalue weighted by Crippen LogP contribution is -2.21. The molecule has 0 bridgehead atoms. The average Bonchev–Trinajstić information content (AvgIpc) is 2.46. The number of nitrogens with zero attached hydrogens (tertiary/aromatic N) is 1. The molecule has 0 radical (unpaired) electrons. The Hall–Kier alpha value is -2.30. The second-order valence-corrected chi connectivity index (χ2v) is 4.32. The SMILES string of the molecule is CCOC(=O)CCn1ccc2cc(OC)ccc2c1=O. The smallest absolute Gasteiger partial charge is 0.307 e. The molecule has 0 saturated carbocycles. The van der Waals surface area contributed by atoms with Crippen molar-refractivity contribution in [1.29, 1.82) is 0 Å². The van der Waals surface area contributed by atoms with Crippen LogP contribution >= 0.6 is 0 Å². The van der Waals surface area contributed by atoms with Gasteiger partial charge in [-0.1, -0.05) is 0 Å². The quantitative estimate of drug-likeness (QED) is 0.783. The number of carbonyl (C=O) groups is 1. The molecule has 2 rings (SSSR count). The molecule has 0 fully saturated rings. The number of rotatable bonds is 5. The van der Waals surface area contributed by atoms with Gasteiger partial charge in [-0.15, -0.1) is 0 Å². The topological polar surface area (TPSA) is 57.5 Å². The zero-order valence-electron chi connectivity index (χ0n) is 11.6. The lowest BCUT2D eigenvalue weighted by atomic mass is 10.1. The third-order valence-electron chi connectivity index (χ3n) is 3.05. The first-order chi connectivity index (χ1) is 9.65. The number of ether oxygens (including phenoxy) is 2. The standard InChI is InChI=1S/C15H17NO4/c1-3-20-14(17)7-9-16-8-6-11-10-12(19-2)4-5-13(11)15(16)18/h4-6,8,10H,3,7,9H2,1-2H3. The van der Waals surface area contributed by atoms with Crippen molar-refractivity contribution in [2.24, 2.45) is 0 Å². The summed E-state index contributed by atoms with van der Waals surface area (Å²) in [5.41, 5.74) is -0.116. The first-order valence-corrected chi connectivity index (χ1v) is 6.48. The predicted octanol–water partition coefficient (Wildman–Crippen LogP) is 1.96. The minimum atomic E-state index is -0.297. The summed E-state index contributed by atoms with van der Waals surface area (Å²) in [5.74, 6) is 0.412. The van der Waals surface area contributed by atoms with Crippen LogP contribution < -0.4 is 10.3 Å². The van der Waals surface area contributed by atoms with E-state index in [1.807, 2.05) is 12.1 Å². The molecular formula is C15H17NO4. The Bertz CT molecular complexity index is 675. The highest BCUT2D eigenvalue weighted by Gasteiger charge is 2.06. The summed E-state index contributed by atoms with van der Waals surface area (Å²) in [6, 6.07) is 7.13. The van der Waals surface area contributed by atoms with Gasteiger partial charge in [-0.2, -0.15) is 0 Å². The molecule has 1 aromatic carbocycles. The molecule has 1 heterocycles. The van der Waals surface area contributed by atoms with Gasteiger partial charge in [0.2, 0.25) is 0 Å². The van der Waals surface area contributed by atoms with Crippen LogP contribution in [0.1, 0.15) is 13.3 Å².